The van der Waals surface area contributed by atoms with E-state index < -0.39 is 24.0 Å². The molecular formula is C19H23F5O. The summed E-state index contributed by atoms with van der Waals surface area (Å²) < 4.78 is 67.6. The van der Waals surface area contributed by atoms with Crippen LogP contribution in [0.5, 0.6) is 5.75 Å². The second kappa shape index (κ2) is 9.78. The van der Waals surface area contributed by atoms with Gasteiger partial charge in [-0.15, -0.1) is 0 Å². The van der Waals surface area contributed by atoms with Crippen LogP contribution in [0.4, 0.5) is 22.0 Å². The average Bonchev–Trinajstić information content (AvgIpc) is 2.57. The van der Waals surface area contributed by atoms with Crippen molar-refractivity contribution in [3.63, 3.8) is 0 Å². The van der Waals surface area contributed by atoms with Gasteiger partial charge in [-0.3, -0.25) is 4.39 Å². The van der Waals surface area contributed by atoms with E-state index >= 15 is 0 Å². The van der Waals surface area contributed by atoms with Gasteiger partial charge in [-0.2, -0.15) is 8.78 Å². The molecule has 0 heterocycles. The molecule has 0 unspecified atom stereocenters. The highest BCUT2D eigenvalue weighted by atomic mass is 19.3. The van der Waals surface area contributed by atoms with Gasteiger partial charge in [0.2, 0.25) is 0 Å². The van der Waals surface area contributed by atoms with E-state index in [1.165, 1.54) is 0 Å². The molecule has 0 radical (unpaired) electrons. The number of ether oxygens (including phenoxy) is 1. The third-order valence-electron chi connectivity index (χ3n) is 4.68. The van der Waals surface area contributed by atoms with Crippen LogP contribution in [0.1, 0.15) is 44.1 Å². The van der Waals surface area contributed by atoms with Crippen LogP contribution in [0.25, 0.3) is 0 Å². The van der Waals surface area contributed by atoms with Gasteiger partial charge in [0.1, 0.15) is 0 Å². The van der Waals surface area contributed by atoms with Gasteiger partial charge in [0, 0.05) is 0 Å². The van der Waals surface area contributed by atoms with Gasteiger partial charge in [0.15, 0.2) is 17.4 Å². The predicted molar refractivity (Wildman–Crippen MR) is 86.5 cm³/mol. The Bertz CT molecular complexity index is 542. The standard InChI is InChI=1S/C19H23F5O/c20-10-2-1-3-13-4-6-14(7-5-13)8-9-15-11-16(21)18(17(22)12-15)25-19(23)24/h1,3,11-14,19H,2,4-10H2/b3-1+. The van der Waals surface area contributed by atoms with Crippen molar-refractivity contribution in [2.45, 2.75) is 51.6 Å². The largest absolute Gasteiger partial charge is 0.429 e. The molecule has 1 aliphatic rings. The Labute approximate surface area is 144 Å². The number of alkyl halides is 3. The third kappa shape index (κ3) is 6.33. The quantitative estimate of drug-likeness (QED) is 0.394. The van der Waals surface area contributed by atoms with Crippen molar-refractivity contribution in [1.82, 2.24) is 0 Å². The molecule has 0 bridgehead atoms. The molecule has 0 saturated heterocycles. The molecule has 0 spiro atoms. The van der Waals surface area contributed by atoms with E-state index in [1.54, 1.807) is 0 Å². The van der Waals surface area contributed by atoms with Gasteiger partial charge in [-0.25, -0.2) is 8.78 Å². The van der Waals surface area contributed by atoms with Gasteiger partial charge in [-0.05, 0) is 74.5 Å². The molecule has 25 heavy (non-hydrogen) atoms. The molecule has 140 valence electrons. The highest BCUT2D eigenvalue weighted by Gasteiger charge is 2.21. The van der Waals surface area contributed by atoms with Crippen molar-refractivity contribution in [1.29, 1.82) is 0 Å². The summed E-state index contributed by atoms with van der Waals surface area (Å²) >= 11 is 0. The summed E-state index contributed by atoms with van der Waals surface area (Å²) in [5.41, 5.74) is 0.446. The lowest BCUT2D eigenvalue weighted by Crippen LogP contribution is -2.14. The Balaban J connectivity index is 1.82. The second-order valence-corrected chi connectivity index (χ2v) is 6.49. The SMILES string of the molecule is FCC/C=C/C1CCC(CCc2cc(F)c(OC(F)F)c(F)c2)CC1. The number of hydrogen-bond donors (Lipinski definition) is 0. The first kappa shape index (κ1) is 19.7. The van der Waals surface area contributed by atoms with Crippen LogP contribution >= 0.6 is 0 Å². The van der Waals surface area contributed by atoms with E-state index in [4.69, 9.17) is 0 Å². The highest BCUT2D eigenvalue weighted by molar-refractivity contribution is 5.31. The molecule has 1 aliphatic carbocycles. The summed E-state index contributed by atoms with van der Waals surface area (Å²) in [6, 6.07) is 2.12. The molecule has 0 atom stereocenters. The number of halogens is 5. The molecule has 1 saturated carbocycles. The van der Waals surface area contributed by atoms with Gasteiger partial charge < -0.3 is 4.74 Å². The molecule has 1 aromatic carbocycles. The Hall–Kier alpha value is -1.59. The summed E-state index contributed by atoms with van der Waals surface area (Å²) in [4.78, 5) is 0. The van der Waals surface area contributed by atoms with Gasteiger partial charge in [-0.1, -0.05) is 12.2 Å². The first-order valence-corrected chi connectivity index (χ1v) is 8.65. The van der Waals surface area contributed by atoms with E-state index in [0.717, 1.165) is 44.2 Å². The maximum absolute atomic E-state index is 13.7. The van der Waals surface area contributed by atoms with Crippen molar-refractivity contribution in [2.24, 2.45) is 11.8 Å². The normalized spacial score (nSPS) is 21.2. The summed E-state index contributed by atoms with van der Waals surface area (Å²) in [5.74, 6) is -2.26. The topological polar surface area (TPSA) is 9.23 Å². The number of benzene rings is 1. The number of hydrogen-bond acceptors (Lipinski definition) is 1. The first-order chi connectivity index (χ1) is 12.0. The zero-order valence-electron chi connectivity index (χ0n) is 14.0. The fourth-order valence-corrected chi connectivity index (χ4v) is 3.35. The maximum Gasteiger partial charge on any atom is 0.387 e. The van der Waals surface area contributed by atoms with Gasteiger partial charge in [0.05, 0.1) is 6.67 Å². The fourth-order valence-electron chi connectivity index (χ4n) is 3.35. The highest BCUT2D eigenvalue weighted by Crippen LogP contribution is 2.33. The van der Waals surface area contributed by atoms with E-state index in [0.29, 0.717) is 30.2 Å². The van der Waals surface area contributed by atoms with Crippen molar-refractivity contribution >= 4 is 0 Å². The zero-order chi connectivity index (χ0) is 18.2. The van der Waals surface area contributed by atoms with Gasteiger partial charge >= 0.3 is 6.61 Å². The minimum Gasteiger partial charge on any atom is -0.429 e. The van der Waals surface area contributed by atoms with Crippen molar-refractivity contribution in [2.75, 3.05) is 6.67 Å². The van der Waals surface area contributed by atoms with E-state index in [-0.39, 0.29) is 6.67 Å². The van der Waals surface area contributed by atoms with Crippen LogP contribution in [0.2, 0.25) is 0 Å². The Morgan fingerprint density at radius 1 is 1.08 bits per heavy atom. The van der Waals surface area contributed by atoms with Crippen LogP contribution < -0.4 is 4.74 Å². The number of aryl methyl sites for hydroxylation is 1. The summed E-state index contributed by atoms with van der Waals surface area (Å²) in [5, 5.41) is 0. The van der Waals surface area contributed by atoms with Crippen molar-refractivity contribution in [3.8, 4) is 5.75 Å². The van der Waals surface area contributed by atoms with E-state index in [9.17, 15) is 22.0 Å². The fraction of sp³-hybridized carbons (Fsp3) is 0.579. The summed E-state index contributed by atoms with van der Waals surface area (Å²) in [6.45, 7) is -3.59. The molecule has 0 aliphatic heterocycles. The average molecular weight is 362 g/mol. The molecule has 6 heteroatoms. The second-order valence-electron chi connectivity index (χ2n) is 6.49. The summed E-state index contributed by atoms with van der Waals surface area (Å²) in [7, 11) is 0. The number of allylic oxidation sites excluding steroid dienone is 2. The smallest absolute Gasteiger partial charge is 0.387 e. The first-order valence-electron chi connectivity index (χ1n) is 8.65. The molecule has 0 amide bonds. The number of rotatable bonds is 8. The van der Waals surface area contributed by atoms with Crippen LogP contribution in [0, 0.1) is 23.5 Å². The lowest BCUT2D eigenvalue weighted by molar-refractivity contribution is -0.0546. The molecule has 1 aromatic rings. The van der Waals surface area contributed by atoms with Crippen LogP contribution in [-0.2, 0) is 6.42 Å². The Morgan fingerprint density at radius 2 is 1.72 bits per heavy atom. The Kier molecular flexibility index (Phi) is 7.72. The monoisotopic (exact) mass is 362 g/mol. The Morgan fingerprint density at radius 3 is 2.28 bits per heavy atom. The lowest BCUT2D eigenvalue weighted by Gasteiger charge is -2.26. The van der Waals surface area contributed by atoms with Crippen LogP contribution in [0.15, 0.2) is 24.3 Å². The molecule has 1 fully saturated rings. The predicted octanol–water partition coefficient (Wildman–Crippen LogP) is 6.22. The van der Waals surface area contributed by atoms with E-state index in [2.05, 4.69) is 10.8 Å². The van der Waals surface area contributed by atoms with Crippen LogP contribution in [-0.4, -0.2) is 13.3 Å². The summed E-state index contributed by atoms with van der Waals surface area (Å²) in [6.07, 6.45) is 9.87. The van der Waals surface area contributed by atoms with Crippen LogP contribution in [0.3, 0.4) is 0 Å². The van der Waals surface area contributed by atoms with Gasteiger partial charge in [0.25, 0.3) is 0 Å². The maximum atomic E-state index is 13.7. The minimum atomic E-state index is -3.26. The molecule has 1 nitrogen and oxygen atoms in total. The molecule has 2 rings (SSSR count). The van der Waals surface area contributed by atoms with Crippen molar-refractivity contribution < 1.29 is 26.7 Å². The van der Waals surface area contributed by atoms with E-state index in [1.807, 2.05) is 6.08 Å². The zero-order valence-corrected chi connectivity index (χ0v) is 14.0. The third-order valence-corrected chi connectivity index (χ3v) is 4.68. The molecular weight excluding hydrogens is 339 g/mol. The molecule has 0 aromatic heterocycles. The lowest BCUT2D eigenvalue weighted by atomic mass is 9.79. The minimum absolute atomic E-state index is 0.333. The molecule has 0 N–H and O–H groups in total. The van der Waals surface area contributed by atoms with Crippen molar-refractivity contribution in [3.05, 3.63) is 41.5 Å².